The molecule has 1 atom stereocenters. The summed E-state index contributed by atoms with van der Waals surface area (Å²) in [6, 6.07) is 7.80. The molecule has 0 amide bonds. The molecule has 1 unspecified atom stereocenters. The average Bonchev–Trinajstić information content (AvgIpc) is 3.29. The van der Waals surface area contributed by atoms with Crippen molar-refractivity contribution < 1.29 is 14.3 Å². The normalized spacial score (nSPS) is 15.3. The van der Waals surface area contributed by atoms with Gasteiger partial charge >= 0.3 is 5.97 Å². The number of hydrogen-bond acceptors (Lipinski definition) is 3. The topological polar surface area (TPSA) is 35.5 Å². The molecular weight excluding hydrogens is 372 g/mol. The summed E-state index contributed by atoms with van der Waals surface area (Å²) in [6.07, 6.45) is 5.09. The van der Waals surface area contributed by atoms with E-state index in [1.165, 1.54) is 31.2 Å². The van der Waals surface area contributed by atoms with Crippen molar-refractivity contribution in [3.8, 4) is 0 Å². The highest BCUT2D eigenvalue weighted by Gasteiger charge is 2.32. The lowest BCUT2D eigenvalue weighted by Gasteiger charge is -2.31. The van der Waals surface area contributed by atoms with E-state index in [9.17, 15) is 4.79 Å². The summed E-state index contributed by atoms with van der Waals surface area (Å²) in [4.78, 5) is 12.2. The van der Waals surface area contributed by atoms with Gasteiger partial charge in [-0.3, -0.25) is 0 Å². The molecule has 0 aliphatic heterocycles. The van der Waals surface area contributed by atoms with Crippen LogP contribution in [0, 0.1) is 11.3 Å². The van der Waals surface area contributed by atoms with Gasteiger partial charge in [0.15, 0.2) is 0 Å². The first kappa shape index (κ1) is 28.4. The van der Waals surface area contributed by atoms with Crippen molar-refractivity contribution in [2.75, 3.05) is 13.2 Å². The van der Waals surface area contributed by atoms with Crippen molar-refractivity contribution >= 4 is 5.97 Å². The van der Waals surface area contributed by atoms with E-state index in [0.29, 0.717) is 30.6 Å². The average molecular weight is 419 g/mol. The van der Waals surface area contributed by atoms with Gasteiger partial charge in [-0.2, -0.15) is 0 Å². The summed E-state index contributed by atoms with van der Waals surface area (Å²) < 4.78 is 11.4. The van der Waals surface area contributed by atoms with Gasteiger partial charge in [-0.15, -0.1) is 13.2 Å². The minimum Gasteiger partial charge on any atom is -0.460 e. The molecular formula is C27H46O3. The van der Waals surface area contributed by atoms with Gasteiger partial charge in [0.05, 0.1) is 17.8 Å². The van der Waals surface area contributed by atoms with Gasteiger partial charge in [0.1, 0.15) is 6.61 Å². The maximum absolute atomic E-state index is 12.2. The fraction of sp³-hybridized carbons (Fsp3) is 0.667. The lowest BCUT2D eigenvalue weighted by atomic mass is 9.78. The molecule has 1 aliphatic carbocycles. The Labute approximate surface area is 186 Å². The number of benzene rings is 1. The molecule has 1 fully saturated rings. The van der Waals surface area contributed by atoms with Gasteiger partial charge in [0.25, 0.3) is 0 Å². The zero-order valence-corrected chi connectivity index (χ0v) is 20.8. The van der Waals surface area contributed by atoms with Crippen LogP contribution in [0.1, 0.15) is 103 Å². The van der Waals surface area contributed by atoms with Crippen molar-refractivity contribution in [3.63, 3.8) is 0 Å². The van der Waals surface area contributed by atoms with Crippen LogP contribution in [0.2, 0.25) is 0 Å². The van der Waals surface area contributed by atoms with E-state index in [4.69, 9.17) is 9.47 Å². The molecule has 0 bridgehead atoms. The summed E-state index contributed by atoms with van der Waals surface area (Å²) in [6.45, 7) is 24.0. The van der Waals surface area contributed by atoms with Crippen LogP contribution in [-0.2, 0) is 9.47 Å². The maximum atomic E-state index is 12.2. The van der Waals surface area contributed by atoms with Crippen molar-refractivity contribution in [1.29, 1.82) is 0 Å². The molecule has 1 aromatic carbocycles. The highest BCUT2D eigenvalue weighted by atomic mass is 16.6. The summed E-state index contributed by atoms with van der Waals surface area (Å²) in [5, 5.41) is 0. The van der Waals surface area contributed by atoms with Crippen LogP contribution >= 0.6 is 0 Å². The van der Waals surface area contributed by atoms with Crippen LogP contribution in [0.3, 0.4) is 0 Å². The summed E-state index contributed by atoms with van der Waals surface area (Å²) in [5.74, 6) is 0.775. The van der Waals surface area contributed by atoms with Gasteiger partial charge < -0.3 is 9.47 Å². The Kier molecular flexibility index (Phi) is 12.9. The van der Waals surface area contributed by atoms with E-state index in [-0.39, 0.29) is 17.0 Å². The quantitative estimate of drug-likeness (QED) is 0.257. The molecule has 1 aliphatic rings. The standard InChI is InChI=1S/C23H36O3.C2H6.C2H4/c1-17(22(2,3)4)18-11-13-19(14-12-18)21(24)25-15-16-26-23(5,6)20-9-7-8-10-20;2*1-2/h11-14,17,20H,7-10,15-16H2,1-6H3;1-2H3;1-2H2. The molecule has 0 radical (unpaired) electrons. The smallest absolute Gasteiger partial charge is 0.338 e. The Morgan fingerprint density at radius 1 is 1.00 bits per heavy atom. The number of carbonyl (C=O) groups is 1. The van der Waals surface area contributed by atoms with E-state index in [2.05, 4.69) is 54.7 Å². The minimum atomic E-state index is -0.276. The molecule has 0 heterocycles. The lowest BCUT2D eigenvalue weighted by Crippen LogP contribution is -2.34. The maximum Gasteiger partial charge on any atom is 0.338 e. The highest BCUT2D eigenvalue weighted by molar-refractivity contribution is 5.89. The Morgan fingerprint density at radius 3 is 1.97 bits per heavy atom. The fourth-order valence-corrected chi connectivity index (χ4v) is 3.67. The highest BCUT2D eigenvalue weighted by Crippen LogP contribution is 2.36. The van der Waals surface area contributed by atoms with Crippen molar-refractivity contribution in [2.45, 2.75) is 92.6 Å². The Morgan fingerprint density at radius 2 is 1.50 bits per heavy atom. The Hall–Kier alpha value is -1.61. The first-order valence-electron chi connectivity index (χ1n) is 11.5. The second-order valence-corrected chi connectivity index (χ2v) is 9.28. The summed E-state index contributed by atoms with van der Waals surface area (Å²) >= 11 is 0. The first-order chi connectivity index (χ1) is 14.1. The number of hydrogen-bond donors (Lipinski definition) is 0. The van der Waals surface area contributed by atoms with E-state index in [1.54, 1.807) is 0 Å². The monoisotopic (exact) mass is 418 g/mol. The summed E-state index contributed by atoms with van der Waals surface area (Å²) in [7, 11) is 0. The number of carbonyl (C=O) groups excluding carboxylic acids is 1. The number of ether oxygens (including phenoxy) is 2. The van der Waals surface area contributed by atoms with Gasteiger partial charge in [0, 0.05) is 0 Å². The lowest BCUT2D eigenvalue weighted by molar-refractivity contribution is -0.0723. The third kappa shape index (κ3) is 9.04. The molecule has 2 rings (SSSR count). The number of esters is 1. The molecule has 0 saturated heterocycles. The van der Waals surface area contributed by atoms with Gasteiger partial charge in [0.2, 0.25) is 0 Å². The van der Waals surface area contributed by atoms with Crippen LogP contribution in [-0.4, -0.2) is 24.8 Å². The van der Waals surface area contributed by atoms with Gasteiger partial charge in [-0.05, 0) is 61.6 Å². The van der Waals surface area contributed by atoms with E-state index in [0.717, 1.165) is 0 Å². The Balaban J connectivity index is 0.00000198. The van der Waals surface area contributed by atoms with Gasteiger partial charge in [-0.1, -0.05) is 66.5 Å². The second kappa shape index (κ2) is 13.6. The second-order valence-electron chi connectivity index (χ2n) is 9.28. The van der Waals surface area contributed by atoms with E-state index in [1.807, 2.05) is 38.1 Å². The third-order valence-corrected chi connectivity index (χ3v) is 6.07. The van der Waals surface area contributed by atoms with Crippen LogP contribution in [0.25, 0.3) is 0 Å². The van der Waals surface area contributed by atoms with E-state index >= 15 is 0 Å². The van der Waals surface area contributed by atoms with Crippen LogP contribution in [0.5, 0.6) is 0 Å². The van der Waals surface area contributed by atoms with Crippen molar-refractivity contribution in [1.82, 2.24) is 0 Å². The predicted octanol–water partition coefficient (Wildman–Crippen LogP) is 7.81. The zero-order chi connectivity index (χ0) is 23.4. The molecule has 1 saturated carbocycles. The zero-order valence-electron chi connectivity index (χ0n) is 20.8. The molecule has 172 valence electrons. The SMILES string of the molecule is C=C.CC.CC(c1ccc(C(=O)OCCOC(C)(C)C2CCCC2)cc1)C(C)(C)C. The van der Waals surface area contributed by atoms with E-state index < -0.39 is 0 Å². The molecule has 3 nitrogen and oxygen atoms in total. The molecule has 1 aromatic rings. The predicted molar refractivity (Wildman–Crippen MR) is 129 cm³/mol. The molecule has 0 N–H and O–H groups in total. The molecule has 3 heteroatoms. The number of rotatable bonds is 7. The third-order valence-electron chi connectivity index (χ3n) is 6.07. The van der Waals surface area contributed by atoms with Gasteiger partial charge in [-0.25, -0.2) is 4.79 Å². The minimum absolute atomic E-state index is 0.131. The fourth-order valence-electron chi connectivity index (χ4n) is 3.67. The van der Waals surface area contributed by atoms with Crippen LogP contribution in [0.4, 0.5) is 0 Å². The summed E-state index contributed by atoms with van der Waals surface area (Å²) in [5.41, 5.74) is 1.92. The Bertz CT molecular complexity index is 590. The van der Waals surface area contributed by atoms with Crippen LogP contribution in [0.15, 0.2) is 37.4 Å². The molecule has 0 aromatic heterocycles. The first-order valence-corrected chi connectivity index (χ1v) is 11.5. The van der Waals surface area contributed by atoms with Crippen molar-refractivity contribution in [3.05, 3.63) is 48.6 Å². The van der Waals surface area contributed by atoms with Crippen LogP contribution < -0.4 is 0 Å². The molecule has 0 spiro atoms. The molecule has 30 heavy (non-hydrogen) atoms. The van der Waals surface area contributed by atoms with Crippen molar-refractivity contribution in [2.24, 2.45) is 11.3 Å². The largest absolute Gasteiger partial charge is 0.460 e.